The van der Waals surface area contributed by atoms with Gasteiger partial charge in [0.2, 0.25) is 0 Å². The van der Waals surface area contributed by atoms with Crippen LogP contribution in [-0.2, 0) is 17.7 Å². The first-order valence-corrected chi connectivity index (χ1v) is 10.4. The monoisotopic (exact) mass is 447 g/mol. The lowest BCUT2D eigenvalue weighted by Gasteiger charge is -2.13. The Morgan fingerprint density at radius 2 is 1.76 bits per heavy atom. The number of methoxy groups -OCH3 is 3. The lowest BCUT2D eigenvalue weighted by molar-refractivity contribution is 0.0600. The predicted molar refractivity (Wildman–Crippen MR) is 124 cm³/mol. The van der Waals surface area contributed by atoms with Crippen molar-refractivity contribution >= 4 is 5.97 Å². The van der Waals surface area contributed by atoms with E-state index in [9.17, 15) is 9.59 Å². The Kier molecular flexibility index (Phi) is 6.17. The third-order valence-corrected chi connectivity index (χ3v) is 5.58. The Morgan fingerprint density at radius 1 is 1.00 bits per heavy atom. The summed E-state index contributed by atoms with van der Waals surface area (Å²) in [6, 6.07) is 13.2. The molecule has 0 atom stereocenters. The van der Waals surface area contributed by atoms with Crippen molar-refractivity contribution in [2.24, 2.45) is 0 Å². The molecule has 8 nitrogen and oxygen atoms in total. The summed E-state index contributed by atoms with van der Waals surface area (Å²) in [4.78, 5) is 25.7. The van der Waals surface area contributed by atoms with Gasteiger partial charge in [-0.2, -0.15) is 9.78 Å². The van der Waals surface area contributed by atoms with Gasteiger partial charge in [-0.15, -0.1) is 0 Å². The largest absolute Gasteiger partial charge is 0.493 e. The van der Waals surface area contributed by atoms with Crippen LogP contribution in [-0.4, -0.2) is 41.6 Å². The number of aryl methyl sites for hydroxylation is 3. The minimum absolute atomic E-state index is 0.242. The average Bonchev–Trinajstić information content (AvgIpc) is 3.17. The van der Waals surface area contributed by atoms with Gasteiger partial charge in [0, 0.05) is 18.9 Å². The van der Waals surface area contributed by atoms with Gasteiger partial charge in [0.1, 0.15) is 11.3 Å². The molecule has 0 amide bonds. The lowest BCUT2D eigenvalue weighted by Crippen LogP contribution is -2.16. The molecule has 4 rings (SSSR count). The number of hydrogen-bond acceptors (Lipinski definition) is 6. The van der Waals surface area contributed by atoms with Crippen LogP contribution in [0.25, 0.3) is 16.9 Å². The van der Waals surface area contributed by atoms with Crippen molar-refractivity contribution in [2.45, 2.75) is 19.9 Å². The molecule has 0 unspecified atom stereocenters. The molecule has 0 spiro atoms. The van der Waals surface area contributed by atoms with Gasteiger partial charge in [-0.25, -0.2) is 4.79 Å². The summed E-state index contributed by atoms with van der Waals surface area (Å²) in [5.74, 6) is 0.755. The molecule has 0 saturated heterocycles. The molecule has 2 aromatic carbocycles. The first kappa shape index (κ1) is 22.1. The molecule has 2 aliphatic rings. The van der Waals surface area contributed by atoms with Crippen molar-refractivity contribution in [1.29, 1.82) is 0 Å². The highest BCUT2D eigenvalue weighted by atomic mass is 16.5. The maximum absolute atomic E-state index is 13.2. The fraction of sp³-hybridized carbons (Fsp3) is 0.240. The summed E-state index contributed by atoms with van der Waals surface area (Å²) in [7, 11) is 4.50. The van der Waals surface area contributed by atoms with E-state index in [2.05, 4.69) is 5.10 Å². The summed E-state index contributed by atoms with van der Waals surface area (Å²) in [6.07, 6.45) is 4.05. The highest BCUT2D eigenvalue weighted by Crippen LogP contribution is 2.28. The number of pyridine rings is 1. The Hall–Kier alpha value is -4.07. The van der Waals surface area contributed by atoms with E-state index in [1.165, 1.54) is 11.8 Å². The van der Waals surface area contributed by atoms with Gasteiger partial charge < -0.3 is 18.8 Å². The zero-order valence-corrected chi connectivity index (χ0v) is 19.0. The van der Waals surface area contributed by atoms with E-state index in [4.69, 9.17) is 14.2 Å². The number of para-hydroxylation sites is 1. The van der Waals surface area contributed by atoms with Crippen molar-refractivity contribution in [3.63, 3.8) is 0 Å². The second-order valence-electron chi connectivity index (χ2n) is 7.61. The van der Waals surface area contributed by atoms with Gasteiger partial charge in [-0.3, -0.25) is 4.79 Å². The number of hydrogen-bond donors (Lipinski definition) is 0. The van der Waals surface area contributed by atoms with E-state index in [1.54, 1.807) is 26.6 Å². The number of esters is 1. The molecular weight excluding hydrogens is 422 g/mol. The van der Waals surface area contributed by atoms with Gasteiger partial charge in [0.15, 0.2) is 11.5 Å². The summed E-state index contributed by atoms with van der Waals surface area (Å²) >= 11 is 0. The highest BCUT2D eigenvalue weighted by Gasteiger charge is 2.25. The maximum Gasteiger partial charge on any atom is 0.341 e. The molecule has 2 heterocycles. The van der Waals surface area contributed by atoms with Gasteiger partial charge in [0.25, 0.3) is 5.56 Å². The molecule has 2 aliphatic heterocycles. The topological polar surface area (TPSA) is 84.6 Å². The van der Waals surface area contributed by atoms with E-state index < -0.39 is 5.97 Å². The molecule has 0 bridgehead atoms. The van der Waals surface area contributed by atoms with Crippen LogP contribution in [0.1, 0.15) is 21.5 Å². The second kappa shape index (κ2) is 9.20. The molecule has 0 radical (unpaired) electrons. The summed E-state index contributed by atoms with van der Waals surface area (Å²) in [5.41, 5.74) is 3.23. The molecule has 8 heteroatoms. The number of fused-ring (bicyclic) bond motifs is 1. The van der Waals surface area contributed by atoms with Crippen LogP contribution in [0.2, 0.25) is 0 Å². The van der Waals surface area contributed by atoms with Crippen molar-refractivity contribution < 1.29 is 19.0 Å². The van der Waals surface area contributed by atoms with E-state index in [1.807, 2.05) is 54.0 Å². The fourth-order valence-corrected chi connectivity index (χ4v) is 3.81. The van der Waals surface area contributed by atoms with Crippen molar-refractivity contribution in [2.75, 3.05) is 21.3 Å². The van der Waals surface area contributed by atoms with Crippen LogP contribution in [0.3, 0.4) is 0 Å². The third-order valence-electron chi connectivity index (χ3n) is 5.58. The highest BCUT2D eigenvalue weighted by molar-refractivity contribution is 5.96. The van der Waals surface area contributed by atoms with E-state index in [-0.39, 0.29) is 11.1 Å². The quantitative estimate of drug-likeness (QED) is 0.403. The second-order valence-corrected chi connectivity index (χ2v) is 7.61. The number of nitrogens with zero attached hydrogens (tertiary/aromatic N) is 3. The van der Waals surface area contributed by atoms with Gasteiger partial charge >= 0.3 is 5.97 Å². The summed E-state index contributed by atoms with van der Waals surface area (Å²) < 4.78 is 18.8. The molecule has 0 fully saturated rings. The minimum atomic E-state index is -0.546. The van der Waals surface area contributed by atoms with E-state index in [0.29, 0.717) is 41.4 Å². The number of carbonyl (C=O) groups excluding carboxylic acids is 1. The average molecular weight is 447 g/mol. The SMILES string of the molecule is COC(=O)c1cn(CCc2ccc(OC)c(OC)c2)cc2c(=O)n(-c3ccccc3C)nc1-2. The van der Waals surface area contributed by atoms with Crippen molar-refractivity contribution in [3.05, 3.63) is 81.9 Å². The molecule has 0 aromatic heterocycles. The molecule has 170 valence electrons. The number of aromatic nitrogens is 3. The lowest BCUT2D eigenvalue weighted by atomic mass is 10.1. The van der Waals surface area contributed by atoms with Gasteiger partial charge in [-0.1, -0.05) is 24.3 Å². The first-order valence-electron chi connectivity index (χ1n) is 10.4. The Labute approximate surface area is 191 Å². The Bertz CT molecular complexity index is 1340. The summed E-state index contributed by atoms with van der Waals surface area (Å²) in [6.45, 7) is 2.44. The molecule has 0 saturated carbocycles. The van der Waals surface area contributed by atoms with Crippen LogP contribution in [0.5, 0.6) is 11.5 Å². The first-order chi connectivity index (χ1) is 16.0. The fourth-order valence-electron chi connectivity index (χ4n) is 3.81. The smallest absolute Gasteiger partial charge is 0.341 e. The van der Waals surface area contributed by atoms with Crippen LogP contribution >= 0.6 is 0 Å². The number of ether oxygens (including phenoxy) is 3. The van der Waals surface area contributed by atoms with Gasteiger partial charge in [0.05, 0.1) is 32.6 Å². The molecule has 33 heavy (non-hydrogen) atoms. The van der Waals surface area contributed by atoms with Crippen molar-refractivity contribution in [3.8, 4) is 28.4 Å². The van der Waals surface area contributed by atoms with Crippen LogP contribution in [0, 0.1) is 6.92 Å². The maximum atomic E-state index is 13.2. The zero-order valence-electron chi connectivity index (χ0n) is 19.0. The Morgan fingerprint density at radius 3 is 2.45 bits per heavy atom. The minimum Gasteiger partial charge on any atom is -0.493 e. The molecular formula is C25H25N3O5. The van der Waals surface area contributed by atoms with Crippen LogP contribution in [0.4, 0.5) is 0 Å². The summed E-state index contributed by atoms with van der Waals surface area (Å²) in [5, 5.41) is 4.47. The standard InChI is InChI=1S/C25H25N3O5/c1-16-7-5-6-8-20(16)28-24(29)18-14-27(15-19(23(18)26-28)25(30)33-4)12-11-17-9-10-21(31-2)22(13-17)32-3/h5-10,13-15H,11-12H2,1-4H3. The predicted octanol–water partition coefficient (Wildman–Crippen LogP) is 3.49. The van der Waals surface area contributed by atoms with Crippen LogP contribution < -0.4 is 15.0 Å². The molecule has 0 aliphatic carbocycles. The molecule has 0 N–H and O–H groups in total. The Balaban J connectivity index is 1.75. The zero-order chi connectivity index (χ0) is 23.5. The van der Waals surface area contributed by atoms with Gasteiger partial charge in [-0.05, 0) is 42.7 Å². The van der Waals surface area contributed by atoms with Crippen molar-refractivity contribution in [1.82, 2.24) is 14.3 Å². The van der Waals surface area contributed by atoms with Crippen LogP contribution in [0.15, 0.2) is 59.7 Å². The normalized spacial score (nSPS) is 10.9. The molecule has 2 aromatic rings. The third kappa shape index (κ3) is 4.19. The number of carbonyl (C=O) groups is 1. The number of rotatable bonds is 7. The number of benzene rings is 2. The van der Waals surface area contributed by atoms with E-state index in [0.717, 1.165) is 11.1 Å². The van der Waals surface area contributed by atoms with E-state index >= 15 is 0 Å².